The molecule has 76 heavy (non-hydrogen) atoms. The first-order valence-corrected chi connectivity index (χ1v) is 24.2. The van der Waals surface area contributed by atoms with Gasteiger partial charge in [0.25, 0.3) is 0 Å². The van der Waals surface area contributed by atoms with Crippen LogP contribution in [0.5, 0.6) is 0 Å². The lowest BCUT2D eigenvalue weighted by Gasteiger charge is -2.22. The van der Waals surface area contributed by atoms with Crippen molar-refractivity contribution in [1.29, 1.82) is 0 Å². The maximum absolute atomic E-state index is 14.9. The van der Waals surface area contributed by atoms with Crippen LogP contribution in [0.2, 0.25) is 0 Å². The van der Waals surface area contributed by atoms with Gasteiger partial charge >= 0.3 is 18.5 Å². The highest BCUT2D eigenvalue weighted by atomic mass is 19.4. The van der Waals surface area contributed by atoms with Crippen LogP contribution >= 0.6 is 0 Å². The van der Waals surface area contributed by atoms with E-state index in [4.69, 9.17) is 9.97 Å². The smallest absolute Gasteiger partial charge is 0.308 e. The number of alkyl halides is 9. The van der Waals surface area contributed by atoms with E-state index in [-0.39, 0.29) is 16.7 Å². The lowest BCUT2D eigenvalue weighted by Crippen LogP contribution is -2.07. The van der Waals surface area contributed by atoms with E-state index in [9.17, 15) is 39.5 Å². The van der Waals surface area contributed by atoms with Gasteiger partial charge in [-0.1, -0.05) is 139 Å². The third-order valence-corrected chi connectivity index (χ3v) is 13.7. The summed E-state index contributed by atoms with van der Waals surface area (Å²) >= 11 is 0. The van der Waals surface area contributed by atoms with Crippen LogP contribution in [-0.2, 0) is 18.5 Å². The highest BCUT2D eigenvalue weighted by molar-refractivity contribution is 6.13. The Balaban J connectivity index is 1.27. The molecule has 0 spiro atoms. The van der Waals surface area contributed by atoms with Gasteiger partial charge in [-0.2, -0.15) is 39.5 Å². The minimum atomic E-state index is -4.73. The zero-order valence-electron chi connectivity index (χ0n) is 40.8. The first-order valence-electron chi connectivity index (χ1n) is 24.2. The summed E-state index contributed by atoms with van der Waals surface area (Å²) in [6.45, 7) is 5.08. The molecule has 0 N–H and O–H groups in total. The minimum absolute atomic E-state index is 0.0697. The minimum Gasteiger partial charge on any atom is -0.308 e. The molecule has 0 amide bonds. The van der Waals surface area contributed by atoms with Crippen molar-refractivity contribution < 1.29 is 39.5 Å². The molecular weight excluding hydrogens is 982 g/mol. The van der Waals surface area contributed by atoms with Gasteiger partial charge in [0.1, 0.15) is 0 Å². The zero-order chi connectivity index (χ0) is 53.3. The maximum Gasteiger partial charge on any atom is 0.417 e. The number of nitrogens with zero attached hydrogens (tertiary/aromatic N) is 3. The van der Waals surface area contributed by atoms with Crippen LogP contribution in [0.15, 0.2) is 200 Å². The summed E-state index contributed by atoms with van der Waals surface area (Å²) in [5.74, 6) is 0.415. The van der Waals surface area contributed by atoms with E-state index >= 15 is 0 Å². The van der Waals surface area contributed by atoms with Gasteiger partial charge in [-0.05, 0) is 133 Å². The first-order chi connectivity index (χ1) is 36.3. The van der Waals surface area contributed by atoms with E-state index < -0.39 is 35.2 Å². The second-order valence-corrected chi connectivity index (χ2v) is 18.9. The Labute approximate surface area is 431 Å². The van der Waals surface area contributed by atoms with Crippen molar-refractivity contribution in [3.8, 4) is 84.1 Å². The topological polar surface area (TPSA) is 30.7 Å². The normalized spacial score (nSPS) is 12.2. The van der Waals surface area contributed by atoms with E-state index in [2.05, 4.69) is 0 Å². The fourth-order valence-corrected chi connectivity index (χ4v) is 10.1. The highest BCUT2D eigenvalue weighted by Crippen LogP contribution is 2.48. The Morgan fingerprint density at radius 2 is 0.842 bits per heavy atom. The van der Waals surface area contributed by atoms with Crippen molar-refractivity contribution in [3.63, 3.8) is 0 Å². The van der Waals surface area contributed by atoms with Crippen LogP contribution in [0.4, 0.5) is 39.5 Å². The molecule has 11 aromatic rings. The summed E-state index contributed by atoms with van der Waals surface area (Å²) in [5, 5.41) is 1.01. The SMILES string of the molecule is Cc1cccc(-c2cc(-c3cc(-c4ccccc4)nc(-c4ccccc4)n3)cc(-c3cccc(C(F)(F)F)c3)c2-n2c3ccc(-c4ccc(C(F)(F)F)cc4C)cc3c3cc(-c4ccc(C)cc4C(F)(F)F)ccc32)c1. The van der Waals surface area contributed by atoms with Crippen molar-refractivity contribution in [1.82, 2.24) is 14.5 Å². The molecule has 0 unspecified atom stereocenters. The molecule has 2 aromatic heterocycles. The predicted octanol–water partition coefficient (Wildman–Crippen LogP) is 19.2. The summed E-state index contributed by atoms with van der Waals surface area (Å²) < 4.78 is 133. The van der Waals surface area contributed by atoms with Gasteiger partial charge in [0.2, 0.25) is 0 Å². The largest absolute Gasteiger partial charge is 0.417 e. The van der Waals surface area contributed by atoms with E-state index in [1.807, 2.05) is 115 Å². The van der Waals surface area contributed by atoms with Gasteiger partial charge in [0, 0.05) is 38.6 Å². The fourth-order valence-electron chi connectivity index (χ4n) is 10.1. The molecule has 12 heteroatoms. The van der Waals surface area contributed by atoms with Crippen LogP contribution in [0, 0.1) is 20.8 Å². The highest BCUT2D eigenvalue weighted by Gasteiger charge is 2.35. The Morgan fingerprint density at radius 3 is 1.42 bits per heavy atom. The molecule has 9 aromatic carbocycles. The van der Waals surface area contributed by atoms with Gasteiger partial charge in [-0.15, -0.1) is 0 Å². The number of rotatable bonds is 8. The number of aryl methyl sites for hydroxylation is 3. The molecule has 3 nitrogen and oxygen atoms in total. The van der Waals surface area contributed by atoms with Crippen LogP contribution in [0.25, 0.3) is 106 Å². The molecule has 376 valence electrons. The summed E-state index contributed by atoms with van der Waals surface area (Å²) in [6, 6.07) is 55.2. The Hall–Kier alpha value is -8.77. The van der Waals surface area contributed by atoms with Crippen LogP contribution < -0.4 is 0 Å². The number of hydrogen-bond donors (Lipinski definition) is 0. The van der Waals surface area contributed by atoms with Gasteiger partial charge in [-0.25, -0.2) is 9.97 Å². The molecule has 0 radical (unpaired) electrons. The van der Waals surface area contributed by atoms with Gasteiger partial charge < -0.3 is 4.57 Å². The maximum atomic E-state index is 14.9. The molecule has 0 fully saturated rings. The molecule has 0 bridgehead atoms. The summed E-state index contributed by atoms with van der Waals surface area (Å²) in [5.41, 5.74) is 6.79. The number of benzene rings is 9. The average molecular weight is 1020 g/mol. The average Bonchev–Trinajstić information content (AvgIpc) is 3.82. The zero-order valence-corrected chi connectivity index (χ0v) is 40.8. The Bertz CT molecular complexity index is 3980. The van der Waals surface area contributed by atoms with E-state index in [0.717, 1.165) is 47.0 Å². The van der Waals surface area contributed by atoms with Crippen molar-refractivity contribution >= 4 is 21.8 Å². The van der Waals surface area contributed by atoms with Gasteiger partial charge in [0.05, 0.1) is 44.8 Å². The molecule has 0 saturated heterocycles. The van der Waals surface area contributed by atoms with Crippen molar-refractivity contribution in [2.24, 2.45) is 0 Å². The number of aromatic nitrogens is 3. The van der Waals surface area contributed by atoms with E-state index in [1.165, 1.54) is 18.2 Å². The molecule has 0 saturated carbocycles. The molecule has 0 aliphatic heterocycles. The van der Waals surface area contributed by atoms with Crippen LogP contribution in [-0.4, -0.2) is 14.5 Å². The van der Waals surface area contributed by atoms with Gasteiger partial charge in [-0.3, -0.25) is 0 Å². The van der Waals surface area contributed by atoms with E-state index in [1.54, 1.807) is 62.4 Å². The molecule has 0 aliphatic rings. The quantitative estimate of drug-likeness (QED) is 0.142. The fraction of sp³-hybridized carbons (Fsp3) is 0.0938. The van der Waals surface area contributed by atoms with Crippen LogP contribution in [0.1, 0.15) is 33.4 Å². The Kier molecular flexibility index (Phi) is 12.3. The lowest BCUT2D eigenvalue weighted by molar-refractivity contribution is -0.138. The second-order valence-electron chi connectivity index (χ2n) is 18.9. The van der Waals surface area contributed by atoms with Crippen LogP contribution in [0.3, 0.4) is 0 Å². The molecule has 0 aliphatic carbocycles. The monoisotopic (exact) mass is 1020 g/mol. The number of halogens is 9. The summed E-state index contributed by atoms with van der Waals surface area (Å²) in [7, 11) is 0. The van der Waals surface area contributed by atoms with E-state index in [0.29, 0.717) is 89.2 Å². The molecule has 11 rings (SSSR count). The van der Waals surface area contributed by atoms with Crippen molar-refractivity contribution in [2.45, 2.75) is 39.3 Å². The molecule has 2 heterocycles. The van der Waals surface area contributed by atoms with Crippen molar-refractivity contribution in [3.05, 3.63) is 234 Å². The Morgan fingerprint density at radius 1 is 0.342 bits per heavy atom. The number of fused-ring (bicyclic) bond motifs is 3. The third-order valence-electron chi connectivity index (χ3n) is 13.7. The predicted molar refractivity (Wildman–Crippen MR) is 284 cm³/mol. The number of hydrogen-bond acceptors (Lipinski definition) is 2. The molecule has 0 atom stereocenters. The van der Waals surface area contributed by atoms with Gasteiger partial charge in [0.15, 0.2) is 5.82 Å². The summed E-state index contributed by atoms with van der Waals surface area (Å²) in [4.78, 5) is 10.1. The summed E-state index contributed by atoms with van der Waals surface area (Å²) in [6.07, 6.45) is -14.0. The third kappa shape index (κ3) is 9.40. The standard InChI is InChI=1S/C64H42F9N3/c1-37-12-10-17-42(28-37)51-34-46(57-36-56(40-13-6-4-7-14-40)74-61(75-57)41-15-8-5-9-16-41)35-52(43-18-11-19-47(31-43)62(65,66)67)60(51)76-58-26-21-44(49-25-23-48(30-39(49)3)63(68,69)70)32-53(58)54-33-45(22-27-59(54)76)50-24-20-38(2)29-55(50)64(71,72)73/h4-36H,1-3H3. The second kappa shape index (κ2) is 18.9. The molecular formula is C64H42F9N3. The van der Waals surface area contributed by atoms with Crippen molar-refractivity contribution in [2.75, 3.05) is 0 Å². The lowest BCUT2D eigenvalue weighted by atomic mass is 9.90. The first kappa shape index (κ1) is 49.4.